The van der Waals surface area contributed by atoms with E-state index in [1.807, 2.05) is 29.2 Å². The third-order valence-corrected chi connectivity index (χ3v) is 4.42. The zero-order valence-electron chi connectivity index (χ0n) is 10.6. The highest BCUT2D eigenvalue weighted by molar-refractivity contribution is 7.13. The number of carbonyl (C=O) groups is 1. The topological polar surface area (TPSA) is 34.9 Å². The molecule has 0 aliphatic carbocycles. The second kappa shape index (κ2) is 5.24. The van der Waals surface area contributed by atoms with Gasteiger partial charge in [0.2, 0.25) is 0 Å². The number of halogens is 1. The number of rotatable bonds is 4. The Kier molecular flexibility index (Phi) is 3.88. The van der Waals surface area contributed by atoms with Gasteiger partial charge in [0, 0.05) is 12.2 Å². The van der Waals surface area contributed by atoms with Crippen molar-refractivity contribution < 1.29 is 4.79 Å². The average molecular weight is 283 g/mol. The number of hydrogen-bond acceptors (Lipinski definition) is 3. The van der Waals surface area contributed by atoms with Gasteiger partial charge in [-0.05, 0) is 37.8 Å². The highest BCUT2D eigenvalue weighted by Gasteiger charge is 2.16. The van der Waals surface area contributed by atoms with Crippen molar-refractivity contribution in [3.05, 3.63) is 38.8 Å². The van der Waals surface area contributed by atoms with Crippen molar-refractivity contribution in [2.45, 2.75) is 33.2 Å². The predicted molar refractivity (Wildman–Crippen MR) is 74.7 cm³/mol. The second-order valence-corrected chi connectivity index (χ2v) is 5.80. The van der Waals surface area contributed by atoms with Crippen LogP contribution < -0.4 is 0 Å². The zero-order valence-corrected chi connectivity index (χ0v) is 12.2. The summed E-state index contributed by atoms with van der Waals surface area (Å²) in [4.78, 5) is 12.7. The Hall–Kier alpha value is -1.13. The fraction of sp³-hybridized carbons (Fsp3) is 0.385. The van der Waals surface area contributed by atoms with E-state index < -0.39 is 0 Å². The zero-order chi connectivity index (χ0) is 13.3. The van der Waals surface area contributed by atoms with Crippen molar-refractivity contribution in [3.8, 4) is 0 Å². The van der Waals surface area contributed by atoms with Gasteiger partial charge in [-0.1, -0.05) is 11.6 Å². The molecular formula is C13H15ClN2OS. The van der Waals surface area contributed by atoms with Crippen LogP contribution in [0.1, 0.15) is 40.8 Å². The summed E-state index contributed by atoms with van der Waals surface area (Å²) in [6, 6.07) is 2.19. The van der Waals surface area contributed by atoms with E-state index in [1.54, 1.807) is 0 Å². The van der Waals surface area contributed by atoms with Gasteiger partial charge in [0.25, 0.3) is 0 Å². The molecule has 0 atom stereocenters. The van der Waals surface area contributed by atoms with Crippen LogP contribution in [0.15, 0.2) is 17.6 Å². The first-order valence-corrected chi connectivity index (χ1v) is 7.05. The lowest BCUT2D eigenvalue weighted by Gasteiger charge is -2.03. The van der Waals surface area contributed by atoms with E-state index in [0.717, 1.165) is 11.3 Å². The van der Waals surface area contributed by atoms with Crippen molar-refractivity contribution in [3.63, 3.8) is 0 Å². The standard InChI is InChI=1S/C13H15ClN2OS/c1-8(2)16-5-4-10(15-16)6-11(17)13-12(14)9(3)7-18-13/h4-5,7-8H,6H2,1-3H3. The van der Waals surface area contributed by atoms with Crippen molar-refractivity contribution in [1.82, 2.24) is 9.78 Å². The van der Waals surface area contributed by atoms with E-state index in [0.29, 0.717) is 22.4 Å². The third-order valence-electron chi connectivity index (χ3n) is 2.69. The first kappa shape index (κ1) is 13.3. The van der Waals surface area contributed by atoms with Gasteiger partial charge >= 0.3 is 0 Å². The number of nitrogens with zero attached hydrogens (tertiary/aromatic N) is 2. The third kappa shape index (κ3) is 2.65. The Bertz CT molecular complexity index is 571. The van der Waals surface area contributed by atoms with E-state index in [2.05, 4.69) is 18.9 Å². The quantitative estimate of drug-likeness (QED) is 0.797. The summed E-state index contributed by atoms with van der Waals surface area (Å²) in [5.41, 5.74) is 1.74. The summed E-state index contributed by atoms with van der Waals surface area (Å²) >= 11 is 7.49. The van der Waals surface area contributed by atoms with Crippen LogP contribution in [0.3, 0.4) is 0 Å². The van der Waals surface area contributed by atoms with Crippen LogP contribution in [0.25, 0.3) is 0 Å². The number of aryl methyl sites for hydroxylation is 1. The van der Waals surface area contributed by atoms with Crippen molar-refractivity contribution >= 4 is 28.7 Å². The minimum absolute atomic E-state index is 0.0344. The molecule has 0 unspecified atom stereocenters. The molecule has 0 saturated heterocycles. The van der Waals surface area contributed by atoms with Gasteiger partial charge in [-0.2, -0.15) is 5.10 Å². The Balaban J connectivity index is 2.14. The molecule has 0 radical (unpaired) electrons. The van der Waals surface area contributed by atoms with Crippen molar-refractivity contribution in [2.24, 2.45) is 0 Å². The van der Waals surface area contributed by atoms with Gasteiger partial charge in [0.1, 0.15) is 0 Å². The molecule has 0 spiro atoms. The molecule has 2 heterocycles. The molecule has 0 aliphatic heterocycles. The molecule has 0 bridgehead atoms. The number of hydrogen-bond donors (Lipinski definition) is 0. The second-order valence-electron chi connectivity index (χ2n) is 4.54. The summed E-state index contributed by atoms with van der Waals surface area (Å²) < 4.78 is 1.85. The molecule has 0 fully saturated rings. The van der Waals surface area contributed by atoms with Crippen molar-refractivity contribution in [2.75, 3.05) is 0 Å². The van der Waals surface area contributed by atoms with E-state index in [-0.39, 0.29) is 5.78 Å². The largest absolute Gasteiger partial charge is 0.293 e. The van der Waals surface area contributed by atoms with Gasteiger partial charge < -0.3 is 0 Å². The number of Topliss-reactive ketones (excluding diaryl/α,β-unsaturated/α-hetero) is 1. The maximum absolute atomic E-state index is 12.1. The van der Waals surface area contributed by atoms with Crippen LogP contribution in [-0.2, 0) is 6.42 Å². The molecule has 3 nitrogen and oxygen atoms in total. The van der Waals surface area contributed by atoms with Crippen LogP contribution in [0.4, 0.5) is 0 Å². The van der Waals surface area contributed by atoms with Gasteiger partial charge in [0.05, 0.1) is 22.0 Å². The minimum atomic E-state index is 0.0344. The molecular weight excluding hydrogens is 268 g/mol. The van der Waals surface area contributed by atoms with E-state index in [1.165, 1.54) is 11.3 Å². The van der Waals surface area contributed by atoms with E-state index >= 15 is 0 Å². The van der Waals surface area contributed by atoms with Gasteiger partial charge in [-0.3, -0.25) is 9.48 Å². The van der Waals surface area contributed by atoms with Gasteiger partial charge in [-0.25, -0.2) is 0 Å². The molecule has 0 N–H and O–H groups in total. The number of ketones is 1. The molecule has 0 aliphatic rings. The average Bonchev–Trinajstić information content (AvgIpc) is 2.88. The Morgan fingerprint density at radius 1 is 1.56 bits per heavy atom. The summed E-state index contributed by atoms with van der Waals surface area (Å²) in [5, 5.41) is 6.85. The smallest absolute Gasteiger partial charge is 0.180 e. The highest BCUT2D eigenvalue weighted by atomic mass is 35.5. The minimum Gasteiger partial charge on any atom is -0.293 e. The van der Waals surface area contributed by atoms with Gasteiger partial charge in [-0.15, -0.1) is 11.3 Å². The Morgan fingerprint density at radius 2 is 2.28 bits per heavy atom. The Morgan fingerprint density at radius 3 is 2.78 bits per heavy atom. The molecule has 2 aromatic rings. The lowest BCUT2D eigenvalue weighted by atomic mass is 10.2. The summed E-state index contributed by atoms with van der Waals surface area (Å²) in [6.45, 7) is 6.01. The van der Waals surface area contributed by atoms with E-state index in [9.17, 15) is 4.79 Å². The summed E-state index contributed by atoms with van der Waals surface area (Å²) in [7, 11) is 0. The molecule has 5 heteroatoms. The summed E-state index contributed by atoms with van der Waals surface area (Å²) in [6.07, 6.45) is 2.20. The van der Waals surface area contributed by atoms with Crippen LogP contribution in [0.2, 0.25) is 5.02 Å². The lowest BCUT2D eigenvalue weighted by molar-refractivity contribution is 0.0995. The molecule has 0 saturated carbocycles. The molecule has 2 rings (SSSR count). The Labute approximate surface area is 115 Å². The normalized spacial score (nSPS) is 11.2. The van der Waals surface area contributed by atoms with Crippen LogP contribution in [-0.4, -0.2) is 15.6 Å². The molecule has 0 amide bonds. The van der Waals surface area contributed by atoms with Crippen LogP contribution in [0.5, 0.6) is 0 Å². The number of carbonyl (C=O) groups excluding carboxylic acids is 1. The maximum atomic E-state index is 12.1. The van der Waals surface area contributed by atoms with Crippen LogP contribution in [0, 0.1) is 6.92 Å². The summed E-state index contributed by atoms with van der Waals surface area (Å²) in [5.74, 6) is 0.0344. The first-order chi connectivity index (χ1) is 8.49. The van der Waals surface area contributed by atoms with Gasteiger partial charge in [0.15, 0.2) is 5.78 Å². The van der Waals surface area contributed by atoms with E-state index in [4.69, 9.17) is 11.6 Å². The number of thiophene rings is 1. The maximum Gasteiger partial charge on any atom is 0.180 e. The molecule has 18 heavy (non-hydrogen) atoms. The fourth-order valence-corrected chi connectivity index (χ4v) is 2.86. The fourth-order valence-electron chi connectivity index (χ4n) is 1.62. The monoisotopic (exact) mass is 282 g/mol. The lowest BCUT2D eigenvalue weighted by Crippen LogP contribution is -2.05. The first-order valence-electron chi connectivity index (χ1n) is 5.80. The molecule has 0 aromatic carbocycles. The predicted octanol–water partition coefficient (Wildman–Crippen LogP) is 3.91. The van der Waals surface area contributed by atoms with Crippen LogP contribution >= 0.6 is 22.9 Å². The number of aromatic nitrogens is 2. The highest BCUT2D eigenvalue weighted by Crippen LogP contribution is 2.28. The SMILES string of the molecule is Cc1csc(C(=O)Cc2ccn(C(C)C)n2)c1Cl. The molecule has 96 valence electrons. The van der Waals surface area contributed by atoms with Crippen molar-refractivity contribution in [1.29, 1.82) is 0 Å². The molecule has 2 aromatic heterocycles.